The maximum absolute atomic E-state index is 9.59. The van der Waals surface area contributed by atoms with Crippen LogP contribution in [0.1, 0.15) is 18.9 Å². The highest BCUT2D eigenvalue weighted by Gasteiger charge is 2.07. The zero-order chi connectivity index (χ0) is 10.8. The van der Waals surface area contributed by atoms with Crippen molar-refractivity contribution in [3.63, 3.8) is 0 Å². The molecular formula is C12H15NO2. The summed E-state index contributed by atoms with van der Waals surface area (Å²) in [6, 6.07) is 7.86. The second-order valence-electron chi connectivity index (χ2n) is 3.62. The molecule has 80 valence electrons. The van der Waals surface area contributed by atoms with Gasteiger partial charge in [0, 0.05) is 11.5 Å². The molecule has 2 rings (SSSR count). The number of hydrogen-bond donors (Lipinski definition) is 1. The first kappa shape index (κ1) is 9.90. The summed E-state index contributed by atoms with van der Waals surface area (Å²) in [5, 5.41) is 10.6. The van der Waals surface area contributed by atoms with Crippen LogP contribution in [-0.4, -0.2) is 16.9 Å². The van der Waals surface area contributed by atoms with E-state index in [9.17, 15) is 5.11 Å². The van der Waals surface area contributed by atoms with Crippen LogP contribution in [0.15, 0.2) is 24.3 Å². The Labute approximate surface area is 88.9 Å². The summed E-state index contributed by atoms with van der Waals surface area (Å²) in [7, 11) is 1.55. The fraction of sp³-hybridized carbons (Fsp3) is 0.333. The van der Waals surface area contributed by atoms with Crippen molar-refractivity contribution in [2.24, 2.45) is 0 Å². The maximum Gasteiger partial charge on any atom is 0.226 e. The van der Waals surface area contributed by atoms with Crippen LogP contribution in [0.4, 0.5) is 0 Å². The van der Waals surface area contributed by atoms with Gasteiger partial charge in [-0.05, 0) is 18.1 Å². The summed E-state index contributed by atoms with van der Waals surface area (Å²) in [5.74, 6) is 0.140. The minimum Gasteiger partial charge on any atom is -0.492 e. The molecule has 0 radical (unpaired) electrons. The minimum absolute atomic E-state index is 0.140. The molecule has 0 spiro atoms. The first-order chi connectivity index (χ1) is 7.26. The van der Waals surface area contributed by atoms with E-state index in [1.165, 1.54) is 10.3 Å². The summed E-state index contributed by atoms with van der Waals surface area (Å²) in [5.41, 5.74) is 2.18. The lowest BCUT2D eigenvalue weighted by Gasteiger charge is -2.04. The van der Waals surface area contributed by atoms with E-state index in [-0.39, 0.29) is 5.88 Å². The predicted octanol–water partition coefficient (Wildman–Crippen LogP) is 2.36. The minimum atomic E-state index is 0.140. The third kappa shape index (κ3) is 1.65. The molecule has 0 saturated heterocycles. The Balaban J connectivity index is 2.57. The highest BCUT2D eigenvalue weighted by Crippen LogP contribution is 2.24. The summed E-state index contributed by atoms with van der Waals surface area (Å²) in [4.78, 5) is 5.10. The van der Waals surface area contributed by atoms with Crippen molar-refractivity contribution in [2.45, 2.75) is 19.8 Å². The van der Waals surface area contributed by atoms with Crippen LogP contribution in [0.2, 0.25) is 0 Å². The molecule has 1 N–H and O–H groups in total. The van der Waals surface area contributed by atoms with Crippen molar-refractivity contribution in [3.8, 4) is 5.88 Å². The molecule has 0 aliphatic heterocycles. The van der Waals surface area contributed by atoms with Gasteiger partial charge in [0.1, 0.15) is 7.11 Å². The molecule has 0 bridgehead atoms. The summed E-state index contributed by atoms with van der Waals surface area (Å²) >= 11 is 0. The second kappa shape index (κ2) is 3.85. The molecular weight excluding hydrogens is 190 g/mol. The van der Waals surface area contributed by atoms with Crippen molar-refractivity contribution in [1.82, 2.24) is 4.73 Å². The van der Waals surface area contributed by atoms with Crippen molar-refractivity contribution in [1.29, 1.82) is 0 Å². The lowest BCUT2D eigenvalue weighted by Crippen LogP contribution is -2.04. The molecule has 0 atom stereocenters. The van der Waals surface area contributed by atoms with Gasteiger partial charge in [0.2, 0.25) is 5.88 Å². The molecule has 0 unspecified atom stereocenters. The summed E-state index contributed by atoms with van der Waals surface area (Å²) in [6.07, 6.45) is 2.16. The Hall–Kier alpha value is -1.64. The van der Waals surface area contributed by atoms with Crippen molar-refractivity contribution in [3.05, 3.63) is 29.8 Å². The first-order valence-electron chi connectivity index (χ1n) is 5.14. The van der Waals surface area contributed by atoms with Crippen LogP contribution in [-0.2, 0) is 6.42 Å². The summed E-state index contributed by atoms with van der Waals surface area (Å²) in [6.45, 7) is 2.15. The van der Waals surface area contributed by atoms with Gasteiger partial charge >= 0.3 is 0 Å². The molecule has 2 aromatic rings. The Morgan fingerprint density at radius 1 is 1.33 bits per heavy atom. The van der Waals surface area contributed by atoms with E-state index in [1.54, 1.807) is 13.2 Å². The van der Waals surface area contributed by atoms with Crippen LogP contribution in [0, 0.1) is 0 Å². The van der Waals surface area contributed by atoms with Gasteiger partial charge in [-0.25, -0.2) is 0 Å². The van der Waals surface area contributed by atoms with E-state index in [2.05, 4.69) is 19.1 Å². The highest BCUT2D eigenvalue weighted by molar-refractivity contribution is 5.82. The monoisotopic (exact) mass is 205 g/mol. The van der Waals surface area contributed by atoms with Crippen LogP contribution in [0.3, 0.4) is 0 Å². The number of benzene rings is 1. The molecule has 1 heterocycles. The van der Waals surface area contributed by atoms with Crippen molar-refractivity contribution >= 4 is 10.9 Å². The van der Waals surface area contributed by atoms with Gasteiger partial charge in [-0.1, -0.05) is 25.5 Å². The number of nitrogens with zero attached hydrogens (tertiary/aromatic N) is 1. The molecule has 0 fully saturated rings. The zero-order valence-corrected chi connectivity index (χ0v) is 9.03. The lowest BCUT2D eigenvalue weighted by molar-refractivity contribution is 0.152. The Bertz CT molecular complexity index is 474. The van der Waals surface area contributed by atoms with E-state index in [1.807, 2.05) is 6.07 Å². The third-order valence-electron chi connectivity index (χ3n) is 2.53. The highest BCUT2D eigenvalue weighted by atomic mass is 16.7. The molecule has 0 aliphatic carbocycles. The molecule has 1 aromatic carbocycles. The molecule has 0 saturated carbocycles. The second-order valence-corrected chi connectivity index (χ2v) is 3.62. The van der Waals surface area contributed by atoms with Crippen LogP contribution in [0.25, 0.3) is 10.9 Å². The van der Waals surface area contributed by atoms with E-state index < -0.39 is 0 Å². The lowest BCUT2D eigenvalue weighted by atomic mass is 10.1. The molecule has 3 heteroatoms. The van der Waals surface area contributed by atoms with E-state index in [0.29, 0.717) is 0 Å². The van der Waals surface area contributed by atoms with E-state index >= 15 is 0 Å². The smallest absolute Gasteiger partial charge is 0.226 e. The maximum atomic E-state index is 9.59. The van der Waals surface area contributed by atoms with Gasteiger partial charge in [-0.15, -0.1) is 4.73 Å². The molecule has 3 nitrogen and oxygen atoms in total. The van der Waals surface area contributed by atoms with Crippen LogP contribution in [0.5, 0.6) is 5.88 Å². The van der Waals surface area contributed by atoms with Gasteiger partial charge in [-0.3, -0.25) is 0 Å². The SMILES string of the molecule is CCCc1ccc2cc(O)n(OC)c2c1. The number of fused-ring (bicyclic) bond motifs is 1. The molecule has 1 aromatic heterocycles. The van der Waals surface area contributed by atoms with Crippen molar-refractivity contribution in [2.75, 3.05) is 7.11 Å². The van der Waals surface area contributed by atoms with Gasteiger partial charge in [0.25, 0.3) is 0 Å². The first-order valence-corrected chi connectivity index (χ1v) is 5.14. The predicted molar refractivity (Wildman–Crippen MR) is 60.1 cm³/mol. The Morgan fingerprint density at radius 3 is 2.80 bits per heavy atom. The van der Waals surface area contributed by atoms with E-state index in [0.717, 1.165) is 23.7 Å². The van der Waals surface area contributed by atoms with Gasteiger partial charge in [0.15, 0.2) is 0 Å². The fourth-order valence-electron chi connectivity index (χ4n) is 1.84. The zero-order valence-electron chi connectivity index (χ0n) is 9.03. The quantitative estimate of drug-likeness (QED) is 0.834. The summed E-state index contributed by atoms with van der Waals surface area (Å²) < 4.78 is 1.44. The Morgan fingerprint density at radius 2 is 2.13 bits per heavy atom. The van der Waals surface area contributed by atoms with Gasteiger partial charge < -0.3 is 9.94 Å². The number of aryl methyl sites for hydroxylation is 1. The van der Waals surface area contributed by atoms with Crippen molar-refractivity contribution < 1.29 is 9.94 Å². The topological polar surface area (TPSA) is 34.4 Å². The number of hydrogen-bond acceptors (Lipinski definition) is 2. The third-order valence-corrected chi connectivity index (χ3v) is 2.53. The number of rotatable bonds is 3. The van der Waals surface area contributed by atoms with Gasteiger partial charge in [-0.2, -0.15) is 0 Å². The standard InChI is InChI=1S/C12H15NO2/c1-3-4-9-5-6-10-8-12(14)13(15-2)11(10)7-9/h5-8,14H,3-4H2,1-2H3. The molecule has 0 aliphatic rings. The molecule has 0 amide bonds. The van der Waals surface area contributed by atoms with Gasteiger partial charge in [0.05, 0.1) is 5.52 Å². The number of aromatic nitrogens is 1. The van der Waals surface area contributed by atoms with E-state index in [4.69, 9.17) is 4.84 Å². The molecule has 15 heavy (non-hydrogen) atoms. The largest absolute Gasteiger partial charge is 0.492 e. The van der Waals surface area contributed by atoms with Crippen LogP contribution >= 0.6 is 0 Å². The number of aromatic hydroxyl groups is 1. The average molecular weight is 205 g/mol. The average Bonchev–Trinajstić information content (AvgIpc) is 2.53. The normalized spacial score (nSPS) is 10.8. The fourth-order valence-corrected chi connectivity index (χ4v) is 1.84. The Kier molecular flexibility index (Phi) is 2.54. The van der Waals surface area contributed by atoms with Crippen LogP contribution < -0.4 is 4.84 Å².